The van der Waals surface area contributed by atoms with Crippen molar-refractivity contribution in [1.82, 2.24) is 20.2 Å². The quantitative estimate of drug-likeness (QED) is 0.739. The van der Waals surface area contributed by atoms with E-state index in [1.54, 1.807) is 24.5 Å². The maximum Gasteiger partial charge on any atom is 0.226 e. The minimum atomic E-state index is -0.405. The van der Waals surface area contributed by atoms with Crippen molar-refractivity contribution < 1.29 is 14.3 Å². The second-order valence-corrected chi connectivity index (χ2v) is 6.81. The molecule has 0 bridgehead atoms. The number of methoxy groups -OCH3 is 1. The van der Waals surface area contributed by atoms with E-state index in [1.165, 1.54) is 0 Å². The summed E-state index contributed by atoms with van der Waals surface area (Å²) in [6.45, 7) is 3.44. The van der Waals surface area contributed by atoms with E-state index in [9.17, 15) is 9.59 Å². The maximum atomic E-state index is 12.9. The summed E-state index contributed by atoms with van der Waals surface area (Å²) in [4.78, 5) is 34.3. The fourth-order valence-electron chi connectivity index (χ4n) is 3.66. The normalized spacial score (nSPS) is 19.5. The van der Waals surface area contributed by atoms with Crippen molar-refractivity contribution in [2.24, 2.45) is 5.92 Å². The molecule has 1 aromatic heterocycles. The summed E-state index contributed by atoms with van der Waals surface area (Å²) in [6, 6.07) is 7.67. The molecule has 2 N–H and O–H groups in total. The molecule has 1 saturated heterocycles. The number of nitrogens with zero attached hydrogens (tertiary/aromatic N) is 2. The zero-order valence-electron chi connectivity index (χ0n) is 15.8. The number of hydrogen-bond donors (Lipinski definition) is 2. The Morgan fingerprint density at radius 3 is 2.93 bits per heavy atom. The molecule has 0 radical (unpaired) electrons. The van der Waals surface area contributed by atoms with Gasteiger partial charge in [-0.2, -0.15) is 0 Å². The van der Waals surface area contributed by atoms with E-state index in [0.29, 0.717) is 26.1 Å². The van der Waals surface area contributed by atoms with Crippen LogP contribution in [0, 0.1) is 12.8 Å². The topological polar surface area (TPSA) is 87.3 Å². The van der Waals surface area contributed by atoms with E-state index in [4.69, 9.17) is 4.74 Å². The summed E-state index contributed by atoms with van der Waals surface area (Å²) in [5, 5.41) is 2.98. The molecule has 2 amide bonds. The van der Waals surface area contributed by atoms with E-state index in [-0.39, 0.29) is 24.3 Å². The lowest BCUT2D eigenvalue weighted by atomic mass is 9.90. The summed E-state index contributed by atoms with van der Waals surface area (Å²) < 4.78 is 5.16. The number of rotatable bonds is 8. The van der Waals surface area contributed by atoms with Crippen LogP contribution in [-0.2, 0) is 20.7 Å². The molecule has 144 valence electrons. The third kappa shape index (κ3) is 4.36. The first-order valence-electron chi connectivity index (χ1n) is 9.20. The number of aromatic amines is 1. The zero-order valence-corrected chi connectivity index (χ0v) is 15.8. The molecule has 3 rings (SSSR count). The van der Waals surface area contributed by atoms with E-state index in [0.717, 1.165) is 16.8 Å². The molecule has 7 heteroatoms. The second-order valence-electron chi connectivity index (χ2n) is 6.81. The number of carbonyl (C=O) groups excluding carboxylic acids is 2. The number of carbonyl (C=O) groups is 2. The van der Waals surface area contributed by atoms with Gasteiger partial charge in [-0.3, -0.25) is 9.59 Å². The van der Waals surface area contributed by atoms with Gasteiger partial charge >= 0.3 is 0 Å². The first kappa shape index (κ1) is 19.1. The Morgan fingerprint density at radius 2 is 2.22 bits per heavy atom. The molecular formula is C20H26N4O3. The third-order valence-corrected chi connectivity index (χ3v) is 5.06. The standard InChI is InChI=1S/C20H26N4O3/c1-14-5-3-4-6-16(14)19-17(11-18(25)24(19)9-10-27-2)20(26)22-8-7-15-12-21-13-23-15/h3-6,12-13,17,19H,7-11H2,1-2H3,(H,21,23)(H,22,26)/t17-,19+/m1/s1. The lowest BCUT2D eigenvalue weighted by molar-refractivity contribution is -0.129. The summed E-state index contributed by atoms with van der Waals surface area (Å²) in [5.74, 6) is -0.498. The summed E-state index contributed by atoms with van der Waals surface area (Å²) in [6.07, 6.45) is 4.26. The molecule has 1 aliphatic heterocycles. The average molecular weight is 370 g/mol. The molecule has 1 fully saturated rings. The van der Waals surface area contributed by atoms with Gasteiger partial charge in [-0.05, 0) is 18.1 Å². The van der Waals surface area contributed by atoms with Crippen molar-refractivity contribution in [3.8, 4) is 0 Å². The molecule has 0 aliphatic carbocycles. The SMILES string of the molecule is COCCN1C(=O)C[C@@H](C(=O)NCCc2cnc[nH]2)[C@@H]1c1ccccc1C. The summed E-state index contributed by atoms with van der Waals surface area (Å²) in [5.41, 5.74) is 3.07. The first-order chi connectivity index (χ1) is 13.1. The highest BCUT2D eigenvalue weighted by Crippen LogP contribution is 2.39. The number of aryl methyl sites for hydroxylation is 1. The highest BCUT2D eigenvalue weighted by molar-refractivity contribution is 5.90. The van der Waals surface area contributed by atoms with Crippen LogP contribution in [0.5, 0.6) is 0 Å². The highest BCUT2D eigenvalue weighted by Gasteiger charge is 2.44. The van der Waals surface area contributed by atoms with Gasteiger partial charge in [0.2, 0.25) is 11.8 Å². The molecule has 1 aliphatic rings. The number of imidazole rings is 1. The average Bonchev–Trinajstić information content (AvgIpc) is 3.28. The molecule has 2 heterocycles. The molecule has 1 aromatic carbocycles. The van der Waals surface area contributed by atoms with Crippen LogP contribution in [-0.4, -0.2) is 53.5 Å². The van der Waals surface area contributed by atoms with Gasteiger partial charge in [-0.25, -0.2) is 4.98 Å². The molecule has 0 spiro atoms. The Labute approximate surface area is 159 Å². The number of aromatic nitrogens is 2. The third-order valence-electron chi connectivity index (χ3n) is 5.06. The maximum absolute atomic E-state index is 12.9. The smallest absolute Gasteiger partial charge is 0.226 e. The number of likely N-dealkylation sites (tertiary alicyclic amines) is 1. The molecule has 2 aromatic rings. The van der Waals surface area contributed by atoms with Gasteiger partial charge in [0.25, 0.3) is 0 Å². The number of amides is 2. The predicted molar refractivity (Wildman–Crippen MR) is 101 cm³/mol. The van der Waals surface area contributed by atoms with Crippen molar-refractivity contribution in [1.29, 1.82) is 0 Å². The van der Waals surface area contributed by atoms with Crippen LogP contribution in [0.2, 0.25) is 0 Å². The minimum Gasteiger partial charge on any atom is -0.383 e. The van der Waals surface area contributed by atoms with Gasteiger partial charge in [-0.15, -0.1) is 0 Å². The second kappa shape index (κ2) is 8.81. The number of nitrogens with one attached hydrogen (secondary N) is 2. The number of ether oxygens (including phenoxy) is 1. The summed E-state index contributed by atoms with van der Waals surface area (Å²) >= 11 is 0. The van der Waals surface area contributed by atoms with E-state index >= 15 is 0 Å². The molecular weight excluding hydrogens is 344 g/mol. The molecule has 27 heavy (non-hydrogen) atoms. The monoisotopic (exact) mass is 370 g/mol. The first-order valence-corrected chi connectivity index (χ1v) is 9.20. The lowest BCUT2D eigenvalue weighted by Crippen LogP contribution is -2.37. The molecule has 2 atom stereocenters. The van der Waals surface area contributed by atoms with Crippen LogP contribution in [0.1, 0.15) is 29.3 Å². The number of hydrogen-bond acceptors (Lipinski definition) is 4. The van der Waals surface area contributed by atoms with Crippen LogP contribution in [0.25, 0.3) is 0 Å². The zero-order chi connectivity index (χ0) is 19.2. The Kier molecular flexibility index (Phi) is 6.24. The Balaban J connectivity index is 1.75. The number of benzene rings is 1. The van der Waals surface area contributed by atoms with Crippen molar-refractivity contribution in [2.45, 2.75) is 25.8 Å². The molecule has 0 saturated carbocycles. The summed E-state index contributed by atoms with van der Waals surface area (Å²) in [7, 11) is 1.61. The van der Waals surface area contributed by atoms with Gasteiger partial charge in [0.05, 0.1) is 24.9 Å². The van der Waals surface area contributed by atoms with Crippen LogP contribution >= 0.6 is 0 Å². The Hall–Kier alpha value is -2.67. The fourth-order valence-corrected chi connectivity index (χ4v) is 3.66. The fraction of sp³-hybridized carbons (Fsp3) is 0.450. The van der Waals surface area contributed by atoms with E-state index in [1.807, 2.05) is 31.2 Å². The van der Waals surface area contributed by atoms with E-state index in [2.05, 4.69) is 15.3 Å². The predicted octanol–water partition coefficient (Wildman–Crippen LogP) is 1.61. The van der Waals surface area contributed by atoms with Crippen molar-refractivity contribution in [3.63, 3.8) is 0 Å². The lowest BCUT2D eigenvalue weighted by Gasteiger charge is -2.29. The van der Waals surface area contributed by atoms with Crippen LogP contribution in [0.4, 0.5) is 0 Å². The van der Waals surface area contributed by atoms with Crippen molar-refractivity contribution >= 4 is 11.8 Å². The molecule has 7 nitrogen and oxygen atoms in total. The highest BCUT2D eigenvalue weighted by atomic mass is 16.5. The minimum absolute atomic E-state index is 0.00554. The van der Waals surface area contributed by atoms with Crippen molar-refractivity contribution in [3.05, 3.63) is 53.6 Å². The number of H-pyrrole nitrogens is 1. The molecule has 0 unspecified atom stereocenters. The van der Waals surface area contributed by atoms with E-state index < -0.39 is 5.92 Å². The van der Waals surface area contributed by atoms with Gasteiger partial charge in [0.1, 0.15) is 0 Å². The largest absolute Gasteiger partial charge is 0.383 e. The van der Waals surface area contributed by atoms with Gasteiger partial charge < -0.3 is 19.9 Å². The van der Waals surface area contributed by atoms with Crippen LogP contribution in [0.3, 0.4) is 0 Å². The van der Waals surface area contributed by atoms with Gasteiger partial charge in [0, 0.05) is 44.9 Å². The van der Waals surface area contributed by atoms with Crippen LogP contribution < -0.4 is 5.32 Å². The Morgan fingerprint density at radius 1 is 1.41 bits per heavy atom. The van der Waals surface area contributed by atoms with Gasteiger partial charge in [-0.1, -0.05) is 24.3 Å². The van der Waals surface area contributed by atoms with Crippen molar-refractivity contribution in [2.75, 3.05) is 26.8 Å². The van der Waals surface area contributed by atoms with Crippen LogP contribution in [0.15, 0.2) is 36.8 Å². The Bertz CT molecular complexity index is 775. The van der Waals surface area contributed by atoms with Gasteiger partial charge in [0.15, 0.2) is 0 Å².